The van der Waals surface area contributed by atoms with Crippen LogP contribution in [0.3, 0.4) is 0 Å². The zero-order chi connectivity index (χ0) is 27.2. The fraction of sp³-hybridized carbons (Fsp3) is 0.222. The number of anilines is 1. The van der Waals surface area contributed by atoms with Gasteiger partial charge in [-0.15, -0.1) is 11.3 Å². The lowest BCUT2D eigenvalue weighted by atomic mass is 9.95. The first kappa shape index (κ1) is 27.2. The number of para-hydroxylation sites is 1. The number of benzene rings is 2. The zero-order valence-corrected chi connectivity index (χ0v) is 23.0. The summed E-state index contributed by atoms with van der Waals surface area (Å²) in [5.74, 6) is -2.88. The molecule has 0 saturated heterocycles. The number of esters is 2. The third-order valence-corrected chi connectivity index (χ3v) is 7.79. The molecule has 0 atom stereocenters. The predicted molar refractivity (Wildman–Crippen MR) is 147 cm³/mol. The van der Waals surface area contributed by atoms with Gasteiger partial charge in [-0.05, 0) is 78.4 Å². The van der Waals surface area contributed by atoms with Crippen LogP contribution in [0.2, 0.25) is 0 Å². The number of hydrogen-bond acceptors (Lipinski definition) is 8. The summed E-state index contributed by atoms with van der Waals surface area (Å²) in [6, 6.07) is 13.6. The number of nitrogens with one attached hydrogen (secondary N) is 2. The Hall–Kier alpha value is -3.83. The van der Waals surface area contributed by atoms with Crippen molar-refractivity contribution >= 4 is 61.7 Å². The van der Waals surface area contributed by atoms with Gasteiger partial charge in [0.15, 0.2) is 0 Å². The number of carbonyl (C=O) groups is 4. The lowest BCUT2D eigenvalue weighted by Crippen LogP contribution is -2.33. The number of amides is 2. The summed E-state index contributed by atoms with van der Waals surface area (Å²) in [7, 11) is 1.28. The maximum atomic E-state index is 12.7. The highest BCUT2D eigenvalue weighted by molar-refractivity contribution is 9.10. The van der Waals surface area contributed by atoms with Gasteiger partial charge in [-0.1, -0.05) is 24.3 Å². The second-order valence-corrected chi connectivity index (χ2v) is 10.3. The van der Waals surface area contributed by atoms with Gasteiger partial charge in [-0.2, -0.15) is 5.10 Å². The Morgan fingerprint density at radius 3 is 2.34 bits per heavy atom. The summed E-state index contributed by atoms with van der Waals surface area (Å²) in [5, 5.41) is 6.84. The van der Waals surface area contributed by atoms with Crippen LogP contribution in [0.25, 0.3) is 0 Å². The van der Waals surface area contributed by atoms with Crippen molar-refractivity contribution in [2.45, 2.75) is 32.6 Å². The predicted octanol–water partition coefficient (Wildman–Crippen LogP) is 4.87. The first-order chi connectivity index (χ1) is 18.3. The van der Waals surface area contributed by atoms with E-state index in [1.807, 2.05) is 0 Å². The average molecular weight is 598 g/mol. The van der Waals surface area contributed by atoms with Crippen molar-refractivity contribution in [3.63, 3.8) is 0 Å². The minimum absolute atomic E-state index is 0.236. The first-order valence-electron chi connectivity index (χ1n) is 11.7. The normalized spacial score (nSPS) is 12.8. The molecule has 1 aromatic heterocycles. The van der Waals surface area contributed by atoms with Crippen molar-refractivity contribution in [1.82, 2.24) is 5.43 Å². The highest BCUT2D eigenvalue weighted by atomic mass is 79.9. The maximum absolute atomic E-state index is 12.7. The number of rotatable bonds is 6. The van der Waals surface area contributed by atoms with Crippen LogP contribution in [0.5, 0.6) is 5.75 Å². The molecule has 0 unspecified atom stereocenters. The summed E-state index contributed by atoms with van der Waals surface area (Å²) in [6.45, 7) is 1.60. The van der Waals surface area contributed by atoms with Crippen LogP contribution >= 0.6 is 27.3 Å². The van der Waals surface area contributed by atoms with Gasteiger partial charge in [0.05, 0.1) is 23.9 Å². The van der Waals surface area contributed by atoms with Crippen LogP contribution in [-0.4, -0.2) is 36.6 Å². The molecule has 0 aliphatic heterocycles. The van der Waals surface area contributed by atoms with Crippen molar-refractivity contribution in [2.24, 2.45) is 5.10 Å². The number of fused-ring (bicyclic) bond motifs is 1. The van der Waals surface area contributed by atoms with Crippen LogP contribution in [0.1, 0.15) is 56.5 Å². The SMILES string of the molecule is COC(=O)c1c(NC(=O)C(=O)N/N=C(\C)c2ccccc2OC(=O)c2ccccc2Br)sc2c1CCCC2. The standard InChI is InChI=1S/C27H24BrN3O6S/c1-15(16-9-4-7-13-20(16)37-26(34)17-10-3-6-12-19(17)28)30-31-24(33)23(32)29-25-22(27(35)36-2)18-11-5-8-14-21(18)38-25/h3-4,6-7,9-10,12-13H,5,8,11,14H2,1-2H3,(H,29,32)(H,31,33)/b30-15+. The minimum Gasteiger partial charge on any atom is -0.465 e. The Morgan fingerprint density at radius 2 is 1.61 bits per heavy atom. The van der Waals surface area contributed by atoms with Crippen LogP contribution in [0.4, 0.5) is 5.00 Å². The molecule has 2 amide bonds. The highest BCUT2D eigenvalue weighted by Crippen LogP contribution is 2.38. The summed E-state index contributed by atoms with van der Waals surface area (Å²) in [4.78, 5) is 51.2. The van der Waals surface area contributed by atoms with E-state index in [1.165, 1.54) is 18.4 Å². The maximum Gasteiger partial charge on any atom is 0.344 e. The number of methoxy groups -OCH3 is 1. The van der Waals surface area contributed by atoms with Crippen molar-refractivity contribution < 1.29 is 28.7 Å². The van der Waals surface area contributed by atoms with E-state index in [9.17, 15) is 19.2 Å². The monoisotopic (exact) mass is 597 g/mol. The van der Waals surface area contributed by atoms with E-state index < -0.39 is 23.8 Å². The molecule has 2 aromatic carbocycles. The second-order valence-electron chi connectivity index (χ2n) is 8.36. The van der Waals surface area contributed by atoms with Gasteiger partial charge in [0.1, 0.15) is 10.8 Å². The summed E-state index contributed by atoms with van der Waals surface area (Å²) in [6.07, 6.45) is 3.46. The Balaban J connectivity index is 1.47. The molecule has 4 rings (SSSR count). The molecule has 1 heterocycles. The molecular weight excluding hydrogens is 574 g/mol. The Bertz CT molecular complexity index is 1450. The van der Waals surface area contributed by atoms with E-state index in [-0.39, 0.29) is 10.8 Å². The third-order valence-electron chi connectivity index (χ3n) is 5.89. The van der Waals surface area contributed by atoms with E-state index in [0.717, 1.165) is 29.7 Å². The van der Waals surface area contributed by atoms with Gasteiger partial charge < -0.3 is 14.8 Å². The van der Waals surface area contributed by atoms with Crippen molar-refractivity contribution in [3.8, 4) is 5.75 Å². The van der Waals surface area contributed by atoms with Crippen molar-refractivity contribution in [1.29, 1.82) is 0 Å². The molecule has 0 radical (unpaired) electrons. The summed E-state index contributed by atoms with van der Waals surface area (Å²) in [5.41, 5.74) is 4.50. The van der Waals surface area contributed by atoms with Gasteiger partial charge in [0, 0.05) is 14.9 Å². The van der Waals surface area contributed by atoms with E-state index in [1.54, 1.807) is 55.5 Å². The molecule has 11 heteroatoms. The Kier molecular flexibility index (Phi) is 8.70. The molecule has 0 spiro atoms. The van der Waals surface area contributed by atoms with E-state index in [0.29, 0.717) is 33.3 Å². The van der Waals surface area contributed by atoms with Crippen LogP contribution in [-0.2, 0) is 27.2 Å². The number of carbonyl (C=O) groups excluding carboxylic acids is 4. The lowest BCUT2D eigenvalue weighted by Gasteiger charge is -2.11. The molecule has 1 aliphatic rings. The smallest absolute Gasteiger partial charge is 0.344 e. The molecule has 9 nitrogen and oxygen atoms in total. The third kappa shape index (κ3) is 6.00. The fourth-order valence-corrected chi connectivity index (χ4v) is 5.73. The van der Waals surface area contributed by atoms with Crippen LogP contribution in [0, 0.1) is 0 Å². The zero-order valence-electron chi connectivity index (χ0n) is 20.6. The fourth-order valence-electron chi connectivity index (χ4n) is 4.01. The van der Waals surface area contributed by atoms with Crippen molar-refractivity contribution in [3.05, 3.63) is 80.1 Å². The molecule has 3 aromatic rings. The van der Waals surface area contributed by atoms with Crippen molar-refractivity contribution in [2.75, 3.05) is 12.4 Å². The molecule has 38 heavy (non-hydrogen) atoms. The summed E-state index contributed by atoms with van der Waals surface area (Å²) >= 11 is 4.61. The number of halogens is 1. The second kappa shape index (κ2) is 12.1. The number of ether oxygens (including phenoxy) is 2. The van der Waals surface area contributed by atoms with E-state index in [4.69, 9.17) is 9.47 Å². The van der Waals surface area contributed by atoms with Crippen LogP contribution in [0.15, 0.2) is 58.1 Å². The van der Waals surface area contributed by atoms with E-state index >= 15 is 0 Å². The van der Waals surface area contributed by atoms with Gasteiger partial charge in [0.25, 0.3) is 0 Å². The molecule has 2 N–H and O–H groups in total. The average Bonchev–Trinajstić information content (AvgIpc) is 3.29. The van der Waals surface area contributed by atoms with Gasteiger partial charge in [0.2, 0.25) is 0 Å². The van der Waals surface area contributed by atoms with Gasteiger partial charge in [-0.25, -0.2) is 15.0 Å². The Morgan fingerprint density at radius 1 is 0.921 bits per heavy atom. The molecule has 0 saturated carbocycles. The molecule has 0 fully saturated rings. The molecular formula is C27H24BrN3O6S. The number of thiophene rings is 1. The highest BCUT2D eigenvalue weighted by Gasteiger charge is 2.28. The van der Waals surface area contributed by atoms with E-state index in [2.05, 4.69) is 31.8 Å². The van der Waals surface area contributed by atoms with Gasteiger partial charge >= 0.3 is 23.8 Å². The molecule has 0 bridgehead atoms. The Labute approximate surface area is 231 Å². The molecule has 1 aliphatic carbocycles. The first-order valence-corrected chi connectivity index (χ1v) is 13.4. The largest absolute Gasteiger partial charge is 0.465 e. The number of hydrazone groups is 1. The number of aryl methyl sites for hydroxylation is 1. The lowest BCUT2D eigenvalue weighted by molar-refractivity contribution is -0.136. The van der Waals surface area contributed by atoms with Crippen LogP contribution < -0.4 is 15.5 Å². The number of nitrogens with zero attached hydrogens (tertiary/aromatic N) is 1. The van der Waals surface area contributed by atoms with Gasteiger partial charge in [-0.3, -0.25) is 9.59 Å². The topological polar surface area (TPSA) is 123 Å². The summed E-state index contributed by atoms with van der Waals surface area (Å²) < 4.78 is 11.1. The quantitative estimate of drug-likeness (QED) is 0.137. The minimum atomic E-state index is -1.02. The number of hydrogen-bond donors (Lipinski definition) is 2. The molecule has 196 valence electrons.